The third kappa shape index (κ3) is 2.33. The van der Waals surface area contributed by atoms with E-state index in [1.807, 2.05) is 6.92 Å². The molecule has 0 saturated carbocycles. The Morgan fingerprint density at radius 1 is 1.32 bits per heavy atom. The van der Waals surface area contributed by atoms with E-state index in [1.54, 1.807) is 12.1 Å². The summed E-state index contributed by atoms with van der Waals surface area (Å²) in [5.74, 6) is 0.305. The lowest BCUT2D eigenvalue weighted by molar-refractivity contribution is 0.612. The second kappa shape index (κ2) is 4.87. The lowest BCUT2D eigenvalue weighted by Crippen LogP contribution is -2.05. The first kappa shape index (κ1) is 12.5. The summed E-state index contributed by atoms with van der Waals surface area (Å²) in [6, 6.07) is 4.69. The number of nitrogens with zero attached hydrogens (tertiary/aromatic N) is 2. The first-order chi connectivity index (χ1) is 9.15. The topological polar surface area (TPSA) is 37.8 Å². The largest absolute Gasteiger partial charge is 0.307 e. The fourth-order valence-electron chi connectivity index (χ4n) is 2.34. The van der Waals surface area contributed by atoms with Crippen LogP contribution in [0.2, 0.25) is 5.02 Å². The minimum absolute atomic E-state index is 0.313. The van der Waals surface area contributed by atoms with Gasteiger partial charge in [-0.3, -0.25) is 0 Å². The van der Waals surface area contributed by atoms with Crippen molar-refractivity contribution in [1.29, 1.82) is 0 Å². The van der Waals surface area contributed by atoms with Crippen molar-refractivity contribution in [2.45, 2.75) is 26.4 Å². The molecule has 1 aromatic heterocycles. The maximum Gasteiger partial charge on any atom is 0.133 e. The van der Waals surface area contributed by atoms with Crippen molar-refractivity contribution in [3.8, 4) is 0 Å². The van der Waals surface area contributed by atoms with E-state index >= 15 is 0 Å². The van der Waals surface area contributed by atoms with E-state index in [9.17, 15) is 4.39 Å². The van der Waals surface area contributed by atoms with E-state index in [0.717, 1.165) is 30.0 Å². The Hall–Kier alpha value is -1.52. The molecule has 3 nitrogen and oxygen atoms in total. The standard InChI is InChI=1S/C14H13ClFN3/c1-8-10-6-17-7-13(10)19-14(18-8)5-9-11(15)3-2-4-12(9)16/h2-4,17H,5-7H2,1H3. The zero-order valence-electron chi connectivity index (χ0n) is 10.5. The third-order valence-electron chi connectivity index (χ3n) is 3.34. The molecule has 1 aromatic carbocycles. The Morgan fingerprint density at radius 2 is 2.16 bits per heavy atom. The molecule has 2 heterocycles. The summed E-state index contributed by atoms with van der Waals surface area (Å²) >= 11 is 6.03. The monoisotopic (exact) mass is 277 g/mol. The molecule has 0 aliphatic carbocycles. The Labute approximate surface area is 115 Å². The zero-order valence-corrected chi connectivity index (χ0v) is 11.3. The molecule has 0 fully saturated rings. The van der Waals surface area contributed by atoms with Gasteiger partial charge in [-0.15, -0.1) is 0 Å². The average Bonchev–Trinajstić information content (AvgIpc) is 2.83. The fraction of sp³-hybridized carbons (Fsp3) is 0.286. The second-order valence-corrected chi connectivity index (χ2v) is 5.04. The maximum atomic E-state index is 13.8. The SMILES string of the molecule is Cc1nc(Cc2c(F)cccc2Cl)nc2c1CNC2. The van der Waals surface area contributed by atoms with Gasteiger partial charge in [-0.25, -0.2) is 14.4 Å². The molecule has 1 aliphatic heterocycles. The molecule has 0 bridgehead atoms. The first-order valence-corrected chi connectivity index (χ1v) is 6.52. The Morgan fingerprint density at radius 3 is 2.95 bits per heavy atom. The molecular weight excluding hydrogens is 265 g/mol. The normalized spacial score (nSPS) is 13.6. The molecule has 98 valence electrons. The van der Waals surface area contributed by atoms with Crippen molar-refractivity contribution in [1.82, 2.24) is 15.3 Å². The number of hydrogen-bond donors (Lipinski definition) is 1. The number of aryl methyl sites for hydroxylation is 1. The molecule has 1 aliphatic rings. The average molecular weight is 278 g/mol. The van der Waals surface area contributed by atoms with Gasteiger partial charge >= 0.3 is 0 Å². The number of aromatic nitrogens is 2. The Balaban J connectivity index is 1.98. The number of fused-ring (bicyclic) bond motifs is 1. The summed E-state index contributed by atoms with van der Waals surface area (Å²) in [4.78, 5) is 8.94. The minimum Gasteiger partial charge on any atom is -0.307 e. The van der Waals surface area contributed by atoms with E-state index in [1.165, 1.54) is 6.07 Å². The summed E-state index contributed by atoms with van der Waals surface area (Å²) in [6.07, 6.45) is 0.319. The number of benzene rings is 1. The predicted molar refractivity (Wildman–Crippen MR) is 71.5 cm³/mol. The van der Waals surface area contributed by atoms with Gasteiger partial charge in [0.2, 0.25) is 0 Å². The highest BCUT2D eigenvalue weighted by Gasteiger charge is 2.17. The predicted octanol–water partition coefficient (Wildman–Crippen LogP) is 2.77. The fourth-order valence-corrected chi connectivity index (χ4v) is 2.57. The van der Waals surface area contributed by atoms with Gasteiger partial charge in [0.05, 0.1) is 5.69 Å². The molecule has 0 spiro atoms. The number of hydrogen-bond acceptors (Lipinski definition) is 3. The molecule has 0 saturated heterocycles. The van der Waals surface area contributed by atoms with Crippen LogP contribution in [0.4, 0.5) is 4.39 Å². The van der Waals surface area contributed by atoms with Gasteiger partial charge in [-0.2, -0.15) is 0 Å². The molecule has 0 amide bonds. The van der Waals surface area contributed by atoms with Crippen LogP contribution in [0.15, 0.2) is 18.2 Å². The van der Waals surface area contributed by atoms with Crippen LogP contribution in [0.1, 0.15) is 28.3 Å². The van der Waals surface area contributed by atoms with Gasteiger partial charge in [-0.1, -0.05) is 17.7 Å². The van der Waals surface area contributed by atoms with Crippen LogP contribution in [0.25, 0.3) is 0 Å². The van der Waals surface area contributed by atoms with E-state index < -0.39 is 0 Å². The van der Waals surface area contributed by atoms with Crippen molar-refractivity contribution < 1.29 is 4.39 Å². The highest BCUT2D eigenvalue weighted by molar-refractivity contribution is 6.31. The molecule has 0 radical (unpaired) electrons. The highest BCUT2D eigenvalue weighted by atomic mass is 35.5. The third-order valence-corrected chi connectivity index (χ3v) is 3.69. The second-order valence-electron chi connectivity index (χ2n) is 4.63. The number of rotatable bonds is 2. The minimum atomic E-state index is -0.313. The first-order valence-electron chi connectivity index (χ1n) is 6.14. The molecule has 5 heteroatoms. The molecular formula is C14H13ClFN3. The van der Waals surface area contributed by atoms with Crippen molar-refractivity contribution >= 4 is 11.6 Å². The van der Waals surface area contributed by atoms with Gasteiger partial charge in [0.15, 0.2) is 0 Å². The van der Waals surface area contributed by atoms with Crippen molar-refractivity contribution in [3.63, 3.8) is 0 Å². The summed E-state index contributed by atoms with van der Waals surface area (Å²) < 4.78 is 13.8. The van der Waals surface area contributed by atoms with E-state index in [4.69, 9.17) is 11.6 Å². The van der Waals surface area contributed by atoms with Crippen LogP contribution < -0.4 is 5.32 Å². The number of halogens is 2. The van der Waals surface area contributed by atoms with Crippen LogP contribution in [-0.2, 0) is 19.5 Å². The van der Waals surface area contributed by atoms with Gasteiger partial charge in [0.1, 0.15) is 11.6 Å². The van der Waals surface area contributed by atoms with Crippen molar-refractivity contribution in [2.24, 2.45) is 0 Å². The van der Waals surface area contributed by atoms with Crippen molar-refractivity contribution in [3.05, 3.63) is 57.4 Å². The quantitative estimate of drug-likeness (QED) is 0.917. The zero-order chi connectivity index (χ0) is 13.4. The summed E-state index contributed by atoms with van der Waals surface area (Å²) in [7, 11) is 0. The van der Waals surface area contributed by atoms with E-state index in [0.29, 0.717) is 22.8 Å². The van der Waals surface area contributed by atoms with Crippen molar-refractivity contribution in [2.75, 3.05) is 0 Å². The van der Waals surface area contributed by atoms with Crippen LogP contribution in [0, 0.1) is 12.7 Å². The summed E-state index contributed by atoms with van der Waals surface area (Å²) in [5.41, 5.74) is 3.57. The van der Waals surface area contributed by atoms with Crippen LogP contribution in [0.5, 0.6) is 0 Å². The van der Waals surface area contributed by atoms with Gasteiger partial charge in [-0.05, 0) is 19.1 Å². The van der Waals surface area contributed by atoms with E-state index in [2.05, 4.69) is 15.3 Å². The highest BCUT2D eigenvalue weighted by Crippen LogP contribution is 2.23. The van der Waals surface area contributed by atoms with Gasteiger partial charge < -0.3 is 5.32 Å². The Kier molecular flexibility index (Phi) is 3.21. The van der Waals surface area contributed by atoms with Gasteiger partial charge in [0.25, 0.3) is 0 Å². The van der Waals surface area contributed by atoms with Crippen LogP contribution in [-0.4, -0.2) is 9.97 Å². The molecule has 3 rings (SSSR count). The smallest absolute Gasteiger partial charge is 0.133 e. The summed E-state index contributed by atoms with van der Waals surface area (Å²) in [6.45, 7) is 3.51. The molecule has 2 aromatic rings. The van der Waals surface area contributed by atoms with E-state index in [-0.39, 0.29) is 5.82 Å². The molecule has 0 unspecified atom stereocenters. The molecule has 0 atom stereocenters. The Bertz CT molecular complexity index is 623. The maximum absolute atomic E-state index is 13.8. The summed E-state index contributed by atoms with van der Waals surface area (Å²) in [5, 5.41) is 3.66. The molecule has 19 heavy (non-hydrogen) atoms. The van der Waals surface area contributed by atoms with Gasteiger partial charge in [0, 0.05) is 41.4 Å². The number of nitrogens with one attached hydrogen (secondary N) is 1. The lowest BCUT2D eigenvalue weighted by Gasteiger charge is -2.08. The lowest BCUT2D eigenvalue weighted by atomic mass is 10.1. The van der Waals surface area contributed by atoms with Crippen LogP contribution >= 0.6 is 11.6 Å². The van der Waals surface area contributed by atoms with Crippen LogP contribution in [0.3, 0.4) is 0 Å². The molecule has 1 N–H and O–H groups in total.